The van der Waals surface area contributed by atoms with Gasteiger partial charge in [-0.15, -0.1) is 0 Å². The number of piperazine rings is 1. The van der Waals surface area contributed by atoms with Gasteiger partial charge < -0.3 is 5.32 Å². The van der Waals surface area contributed by atoms with E-state index in [0.717, 1.165) is 32.6 Å². The van der Waals surface area contributed by atoms with Crippen molar-refractivity contribution in [3.8, 4) is 0 Å². The quantitative estimate of drug-likeness (QED) is 0.903. The highest BCUT2D eigenvalue weighted by Gasteiger charge is 2.32. The van der Waals surface area contributed by atoms with Crippen LogP contribution in [0.15, 0.2) is 6.07 Å². The van der Waals surface area contributed by atoms with Crippen LogP contribution in [0.2, 0.25) is 0 Å². The van der Waals surface area contributed by atoms with Gasteiger partial charge in [-0.2, -0.15) is 5.10 Å². The minimum atomic E-state index is 0.210. The molecular formula is C15H28N4. The third-order valence-electron chi connectivity index (χ3n) is 4.16. The van der Waals surface area contributed by atoms with Gasteiger partial charge in [-0.3, -0.25) is 9.58 Å². The maximum Gasteiger partial charge on any atom is 0.0625 e. The molecule has 0 bridgehead atoms. The van der Waals surface area contributed by atoms with Gasteiger partial charge in [0, 0.05) is 37.8 Å². The lowest BCUT2D eigenvalue weighted by Gasteiger charge is -2.45. The summed E-state index contributed by atoms with van der Waals surface area (Å²) in [6.45, 7) is 15.3. The molecular weight excluding hydrogens is 236 g/mol. The molecule has 4 heteroatoms. The van der Waals surface area contributed by atoms with Gasteiger partial charge in [0.2, 0.25) is 0 Å². The zero-order valence-corrected chi connectivity index (χ0v) is 13.0. The first-order chi connectivity index (χ1) is 8.96. The molecule has 108 valence electrons. The Morgan fingerprint density at radius 1 is 1.42 bits per heavy atom. The Kier molecular flexibility index (Phi) is 4.31. The van der Waals surface area contributed by atoms with Crippen molar-refractivity contribution in [1.82, 2.24) is 20.0 Å². The van der Waals surface area contributed by atoms with Crippen LogP contribution >= 0.6 is 0 Å². The number of rotatable bonds is 4. The zero-order valence-electron chi connectivity index (χ0n) is 13.0. The van der Waals surface area contributed by atoms with Crippen molar-refractivity contribution in [2.45, 2.75) is 65.7 Å². The first-order valence-corrected chi connectivity index (χ1v) is 7.50. The SMILES string of the molecule is CCc1cc(CN2CC(C)NCC2(C)C)n(CC)n1. The van der Waals surface area contributed by atoms with E-state index in [9.17, 15) is 0 Å². The first kappa shape index (κ1) is 14.5. The Balaban J connectivity index is 2.16. The molecule has 0 amide bonds. The molecule has 0 aliphatic carbocycles. The van der Waals surface area contributed by atoms with Crippen molar-refractivity contribution in [1.29, 1.82) is 0 Å². The van der Waals surface area contributed by atoms with Crippen molar-refractivity contribution in [2.75, 3.05) is 13.1 Å². The summed E-state index contributed by atoms with van der Waals surface area (Å²) in [5, 5.41) is 8.22. The fraction of sp³-hybridized carbons (Fsp3) is 0.800. The third-order valence-corrected chi connectivity index (χ3v) is 4.16. The van der Waals surface area contributed by atoms with Gasteiger partial charge in [-0.25, -0.2) is 0 Å². The number of aryl methyl sites for hydroxylation is 2. The average Bonchev–Trinajstić information content (AvgIpc) is 2.77. The van der Waals surface area contributed by atoms with Crippen molar-refractivity contribution >= 4 is 0 Å². The molecule has 2 heterocycles. The average molecular weight is 264 g/mol. The van der Waals surface area contributed by atoms with Crippen LogP contribution < -0.4 is 5.32 Å². The Morgan fingerprint density at radius 2 is 2.16 bits per heavy atom. The summed E-state index contributed by atoms with van der Waals surface area (Å²) in [5.41, 5.74) is 2.77. The van der Waals surface area contributed by atoms with Gasteiger partial charge in [0.25, 0.3) is 0 Å². The molecule has 0 aromatic carbocycles. The zero-order chi connectivity index (χ0) is 14.0. The largest absolute Gasteiger partial charge is 0.311 e. The van der Waals surface area contributed by atoms with Gasteiger partial charge in [0.1, 0.15) is 0 Å². The summed E-state index contributed by atoms with van der Waals surface area (Å²) in [4.78, 5) is 2.58. The molecule has 1 atom stereocenters. The summed E-state index contributed by atoms with van der Waals surface area (Å²) in [7, 11) is 0. The molecule has 1 aliphatic rings. The lowest BCUT2D eigenvalue weighted by atomic mass is 9.97. The highest BCUT2D eigenvalue weighted by atomic mass is 15.3. The highest BCUT2D eigenvalue weighted by Crippen LogP contribution is 2.21. The van der Waals surface area contributed by atoms with Crippen LogP contribution in [0.5, 0.6) is 0 Å². The van der Waals surface area contributed by atoms with Crippen molar-refractivity contribution in [3.63, 3.8) is 0 Å². The molecule has 0 saturated carbocycles. The van der Waals surface area contributed by atoms with Crippen LogP contribution in [0, 0.1) is 0 Å². The van der Waals surface area contributed by atoms with Gasteiger partial charge >= 0.3 is 0 Å². The minimum absolute atomic E-state index is 0.210. The van der Waals surface area contributed by atoms with E-state index in [1.807, 2.05) is 0 Å². The van der Waals surface area contributed by atoms with E-state index < -0.39 is 0 Å². The fourth-order valence-electron chi connectivity index (χ4n) is 2.74. The van der Waals surface area contributed by atoms with Gasteiger partial charge in [-0.1, -0.05) is 6.92 Å². The van der Waals surface area contributed by atoms with Gasteiger partial charge in [0.15, 0.2) is 0 Å². The molecule has 2 rings (SSSR count). The molecule has 1 aromatic heterocycles. The summed E-state index contributed by atoms with van der Waals surface area (Å²) < 4.78 is 2.15. The number of hydrogen-bond acceptors (Lipinski definition) is 3. The van der Waals surface area contributed by atoms with Crippen LogP contribution in [-0.2, 0) is 19.5 Å². The Bertz CT molecular complexity index is 422. The lowest BCUT2D eigenvalue weighted by Crippen LogP contribution is -2.60. The monoisotopic (exact) mass is 264 g/mol. The fourth-order valence-corrected chi connectivity index (χ4v) is 2.74. The molecule has 4 nitrogen and oxygen atoms in total. The lowest BCUT2D eigenvalue weighted by molar-refractivity contribution is 0.0601. The standard InChI is InChI=1S/C15H28N4/c1-6-13-8-14(19(7-2)17-13)10-18-9-12(3)16-11-15(18,4)5/h8,12,16H,6-7,9-11H2,1-5H3. The van der Waals surface area contributed by atoms with E-state index in [1.165, 1.54) is 11.4 Å². The molecule has 0 spiro atoms. The summed E-state index contributed by atoms with van der Waals surface area (Å²) >= 11 is 0. The van der Waals surface area contributed by atoms with E-state index in [-0.39, 0.29) is 5.54 Å². The van der Waals surface area contributed by atoms with Crippen molar-refractivity contribution < 1.29 is 0 Å². The molecule has 1 N–H and O–H groups in total. The second-order valence-corrected chi connectivity index (χ2v) is 6.27. The second-order valence-electron chi connectivity index (χ2n) is 6.27. The molecule has 1 fully saturated rings. The second kappa shape index (κ2) is 5.63. The van der Waals surface area contributed by atoms with Crippen LogP contribution in [0.25, 0.3) is 0 Å². The number of aromatic nitrogens is 2. The molecule has 0 radical (unpaired) electrons. The van der Waals surface area contributed by atoms with Crippen LogP contribution in [0.3, 0.4) is 0 Å². The van der Waals surface area contributed by atoms with E-state index in [1.54, 1.807) is 0 Å². The smallest absolute Gasteiger partial charge is 0.0625 e. The molecule has 1 saturated heterocycles. The van der Waals surface area contributed by atoms with E-state index in [4.69, 9.17) is 0 Å². The maximum atomic E-state index is 4.65. The number of nitrogens with zero attached hydrogens (tertiary/aromatic N) is 3. The van der Waals surface area contributed by atoms with Crippen molar-refractivity contribution in [2.24, 2.45) is 0 Å². The molecule has 19 heavy (non-hydrogen) atoms. The van der Waals surface area contributed by atoms with E-state index in [2.05, 4.69) is 60.7 Å². The Hall–Kier alpha value is -0.870. The van der Waals surface area contributed by atoms with E-state index >= 15 is 0 Å². The minimum Gasteiger partial charge on any atom is -0.311 e. The number of nitrogens with one attached hydrogen (secondary N) is 1. The Morgan fingerprint density at radius 3 is 2.79 bits per heavy atom. The van der Waals surface area contributed by atoms with Gasteiger partial charge in [-0.05, 0) is 40.2 Å². The summed E-state index contributed by atoms with van der Waals surface area (Å²) in [5.74, 6) is 0. The van der Waals surface area contributed by atoms with Gasteiger partial charge in [0.05, 0.1) is 11.4 Å². The maximum absolute atomic E-state index is 4.65. The van der Waals surface area contributed by atoms with Crippen LogP contribution in [-0.4, -0.2) is 39.4 Å². The summed E-state index contributed by atoms with van der Waals surface area (Å²) in [6, 6.07) is 2.84. The molecule has 1 aromatic rings. The highest BCUT2D eigenvalue weighted by molar-refractivity contribution is 5.11. The predicted octanol–water partition coefficient (Wildman–Crippen LogP) is 2.04. The predicted molar refractivity (Wildman–Crippen MR) is 79.2 cm³/mol. The third kappa shape index (κ3) is 3.18. The van der Waals surface area contributed by atoms with Crippen LogP contribution in [0.4, 0.5) is 0 Å². The van der Waals surface area contributed by atoms with E-state index in [0.29, 0.717) is 6.04 Å². The normalized spacial score (nSPS) is 23.7. The van der Waals surface area contributed by atoms with Crippen molar-refractivity contribution in [3.05, 3.63) is 17.5 Å². The number of hydrogen-bond donors (Lipinski definition) is 1. The Labute approximate surface area is 117 Å². The molecule has 1 aliphatic heterocycles. The molecule has 1 unspecified atom stereocenters. The topological polar surface area (TPSA) is 33.1 Å². The van der Waals surface area contributed by atoms with Crippen LogP contribution in [0.1, 0.15) is 46.0 Å². The summed E-state index contributed by atoms with van der Waals surface area (Å²) in [6.07, 6.45) is 1.02. The first-order valence-electron chi connectivity index (χ1n) is 7.50.